The number of aliphatic hydroxyl groups is 1. The van der Waals surface area contributed by atoms with Gasteiger partial charge >= 0.3 is 0 Å². The summed E-state index contributed by atoms with van der Waals surface area (Å²) in [5.74, 6) is 0.661. The Kier molecular flexibility index (Phi) is 14.0. The number of nitrogens with zero attached hydrogens (tertiary/aromatic N) is 1. The van der Waals surface area contributed by atoms with E-state index < -0.39 is 0 Å². The molecule has 32 heavy (non-hydrogen) atoms. The van der Waals surface area contributed by atoms with E-state index in [-0.39, 0.29) is 18.4 Å². The Balaban J connectivity index is 0.000000236. The zero-order chi connectivity index (χ0) is 23.6. The number of rotatable bonds is 4. The van der Waals surface area contributed by atoms with E-state index in [4.69, 9.17) is 19.4 Å². The molecule has 0 saturated carbocycles. The molecule has 8 heteroatoms. The summed E-state index contributed by atoms with van der Waals surface area (Å²) in [6.45, 7) is 4.48. The molecule has 1 saturated heterocycles. The molecule has 1 atom stereocenters. The Morgan fingerprint density at radius 1 is 1.28 bits per heavy atom. The van der Waals surface area contributed by atoms with Gasteiger partial charge < -0.3 is 25.3 Å². The van der Waals surface area contributed by atoms with Crippen molar-refractivity contribution in [2.45, 2.75) is 25.9 Å². The summed E-state index contributed by atoms with van der Waals surface area (Å²) in [5.41, 5.74) is 3.36. The summed E-state index contributed by atoms with van der Waals surface area (Å²) >= 11 is 0. The Morgan fingerprint density at radius 2 is 2.00 bits per heavy atom. The number of benzene rings is 2. The minimum absolute atomic E-state index is 0.0648. The first-order valence-corrected chi connectivity index (χ1v) is 10.3. The van der Waals surface area contributed by atoms with Crippen LogP contribution in [0.1, 0.15) is 17.5 Å². The third-order valence-corrected chi connectivity index (χ3v) is 4.36. The summed E-state index contributed by atoms with van der Waals surface area (Å²) in [5, 5.41) is 21.6. The smallest absolute Gasteiger partial charge is 0.290 e. The number of oxazole rings is 1. The molecule has 0 aliphatic carbocycles. The Morgan fingerprint density at radius 3 is 2.47 bits per heavy atom. The van der Waals surface area contributed by atoms with Crippen molar-refractivity contribution in [2.75, 3.05) is 26.7 Å². The molecule has 0 amide bonds. The molecule has 3 aromatic rings. The van der Waals surface area contributed by atoms with E-state index in [1.807, 2.05) is 25.2 Å². The Bertz CT molecular complexity index is 852. The average molecular weight is 446 g/mol. The van der Waals surface area contributed by atoms with Gasteiger partial charge in [0.05, 0.1) is 12.3 Å². The van der Waals surface area contributed by atoms with Gasteiger partial charge in [-0.1, -0.05) is 42.0 Å². The first-order valence-electron chi connectivity index (χ1n) is 10.3. The number of β-amino-alcohol motifs (C(OH)–C–C–N with tert-alkyl or cyclic N) is 1. The highest BCUT2D eigenvalue weighted by atomic mass is 19.1. The van der Waals surface area contributed by atoms with Gasteiger partial charge in [0.15, 0.2) is 12.2 Å². The quantitative estimate of drug-likeness (QED) is 0.457. The van der Waals surface area contributed by atoms with Crippen LogP contribution in [0, 0.1) is 12.7 Å². The van der Waals surface area contributed by atoms with Gasteiger partial charge in [0.25, 0.3) is 6.47 Å². The molecule has 1 unspecified atom stereocenters. The number of aromatic nitrogens is 1. The maximum Gasteiger partial charge on any atom is 0.290 e. The van der Waals surface area contributed by atoms with E-state index in [1.165, 1.54) is 18.0 Å². The highest BCUT2D eigenvalue weighted by molar-refractivity contribution is 5.56. The van der Waals surface area contributed by atoms with Gasteiger partial charge in [-0.15, -0.1) is 0 Å². The predicted molar refractivity (Wildman–Crippen MR) is 123 cm³/mol. The van der Waals surface area contributed by atoms with Crippen molar-refractivity contribution < 1.29 is 23.8 Å². The maximum atomic E-state index is 12.6. The first-order chi connectivity index (χ1) is 15.5. The van der Waals surface area contributed by atoms with E-state index >= 15 is 0 Å². The van der Waals surface area contributed by atoms with Crippen LogP contribution in [0.4, 0.5) is 4.39 Å². The fraction of sp³-hybridized carbons (Fsp3) is 0.333. The number of likely N-dealkylation sites (N-methyl/N-ethyl adjacent to an activating group) is 1. The number of hydrogen-bond acceptors (Lipinski definition) is 6. The summed E-state index contributed by atoms with van der Waals surface area (Å²) in [6, 6.07) is 14.8. The minimum Gasteiger partial charge on any atom is -0.483 e. The number of halogens is 1. The molecular formula is C24H32FN3O4. The van der Waals surface area contributed by atoms with Gasteiger partial charge in [-0.05, 0) is 57.6 Å². The van der Waals surface area contributed by atoms with Crippen LogP contribution in [-0.4, -0.2) is 54.5 Å². The number of aliphatic hydroxyl groups excluding tert-OH is 1. The fourth-order valence-corrected chi connectivity index (χ4v) is 2.68. The fourth-order valence-electron chi connectivity index (χ4n) is 2.68. The van der Waals surface area contributed by atoms with Gasteiger partial charge in [-0.3, -0.25) is 4.79 Å². The third-order valence-electron chi connectivity index (χ3n) is 4.36. The lowest BCUT2D eigenvalue weighted by Crippen LogP contribution is -2.11. The minimum atomic E-state index is -0.250. The monoisotopic (exact) mass is 445 g/mol. The van der Waals surface area contributed by atoms with Crippen LogP contribution >= 0.6 is 0 Å². The number of aryl methyl sites for hydroxylation is 1. The zero-order valence-electron chi connectivity index (χ0n) is 18.5. The number of carboxylic acid groups (broad SMARTS) is 1. The topological polar surface area (TPSA) is 108 Å². The molecule has 4 N–H and O–H groups in total. The van der Waals surface area contributed by atoms with Crippen molar-refractivity contribution in [3.8, 4) is 11.3 Å². The van der Waals surface area contributed by atoms with Gasteiger partial charge in [0.2, 0.25) is 0 Å². The van der Waals surface area contributed by atoms with Crippen LogP contribution in [0.2, 0.25) is 0 Å². The van der Waals surface area contributed by atoms with E-state index in [1.54, 1.807) is 18.3 Å². The number of nitrogens with one attached hydrogen (secondary N) is 2. The normalized spacial score (nSPS) is 14.1. The summed E-state index contributed by atoms with van der Waals surface area (Å²) < 4.78 is 17.7. The van der Waals surface area contributed by atoms with Crippen molar-refractivity contribution in [2.24, 2.45) is 0 Å². The molecule has 0 bridgehead atoms. The van der Waals surface area contributed by atoms with Crippen LogP contribution in [0.25, 0.3) is 11.3 Å². The highest BCUT2D eigenvalue weighted by Gasteiger charge is 2.08. The molecule has 1 aliphatic heterocycles. The lowest BCUT2D eigenvalue weighted by atomic mass is 10.1. The second-order valence-electron chi connectivity index (χ2n) is 6.97. The number of hydrogen-bond donors (Lipinski definition) is 4. The van der Waals surface area contributed by atoms with Crippen LogP contribution in [0.3, 0.4) is 0 Å². The first kappa shape index (κ1) is 27.0. The van der Waals surface area contributed by atoms with Crippen molar-refractivity contribution in [1.82, 2.24) is 15.6 Å². The lowest BCUT2D eigenvalue weighted by Gasteiger charge is -1.99. The van der Waals surface area contributed by atoms with Crippen LogP contribution in [0.5, 0.6) is 0 Å². The van der Waals surface area contributed by atoms with Crippen molar-refractivity contribution in [3.63, 3.8) is 0 Å². The standard InChI is InChI=1S/C10H9NO.C9H12FN.C4H9NO.CH2O2/c1-8-2-4-9(5-3-8)10-6-11-7-12-10;1-11-6-5-8-3-2-4-9(10)7-8;6-4-1-2-5-3-4;2-1-3/h2-7H,1H3;2-4,7,11H,5-6H2,1H3;4-6H,1-3H2;1H,(H,2,3). The molecule has 7 nitrogen and oxygen atoms in total. The Hall–Kier alpha value is -3.07. The average Bonchev–Trinajstić information content (AvgIpc) is 3.49. The molecule has 174 valence electrons. The van der Waals surface area contributed by atoms with Crippen LogP contribution in [0.15, 0.2) is 65.5 Å². The molecule has 2 aromatic carbocycles. The highest BCUT2D eigenvalue weighted by Crippen LogP contribution is 2.18. The molecule has 2 heterocycles. The molecule has 1 aliphatic rings. The molecule has 0 spiro atoms. The van der Waals surface area contributed by atoms with E-state index in [2.05, 4.69) is 34.7 Å². The van der Waals surface area contributed by atoms with Crippen LogP contribution in [-0.2, 0) is 11.2 Å². The van der Waals surface area contributed by atoms with Gasteiger partial charge in [0, 0.05) is 12.1 Å². The summed E-state index contributed by atoms with van der Waals surface area (Å²) in [7, 11) is 1.89. The molecule has 0 radical (unpaired) electrons. The van der Waals surface area contributed by atoms with Crippen LogP contribution < -0.4 is 10.6 Å². The zero-order valence-corrected chi connectivity index (χ0v) is 18.5. The number of carbonyl (C=O) groups is 1. The largest absolute Gasteiger partial charge is 0.483 e. The predicted octanol–water partition coefficient (Wildman–Crippen LogP) is 3.28. The SMILES string of the molecule is CNCCc1cccc(F)c1.Cc1ccc(-c2cnco2)cc1.O=CO.OC1CCNC1. The molecule has 4 rings (SSSR count). The van der Waals surface area contributed by atoms with Crippen molar-refractivity contribution in [1.29, 1.82) is 0 Å². The van der Waals surface area contributed by atoms with Crippen molar-refractivity contribution >= 4 is 6.47 Å². The molecule has 1 fully saturated rings. The molecule has 1 aromatic heterocycles. The second-order valence-corrected chi connectivity index (χ2v) is 6.97. The van der Waals surface area contributed by atoms with E-state index in [9.17, 15) is 4.39 Å². The van der Waals surface area contributed by atoms with Gasteiger partial charge in [-0.25, -0.2) is 9.37 Å². The van der Waals surface area contributed by atoms with E-state index in [0.29, 0.717) is 0 Å². The van der Waals surface area contributed by atoms with Crippen molar-refractivity contribution in [3.05, 3.63) is 78.1 Å². The molecular weight excluding hydrogens is 413 g/mol. The maximum absolute atomic E-state index is 12.6. The lowest BCUT2D eigenvalue weighted by molar-refractivity contribution is -0.122. The third kappa shape index (κ3) is 11.9. The summed E-state index contributed by atoms with van der Waals surface area (Å²) in [4.78, 5) is 12.2. The van der Waals surface area contributed by atoms with Gasteiger partial charge in [-0.2, -0.15) is 0 Å². The van der Waals surface area contributed by atoms with Gasteiger partial charge in [0.1, 0.15) is 5.82 Å². The second kappa shape index (κ2) is 16.6. The summed E-state index contributed by atoms with van der Waals surface area (Å²) in [6.07, 6.45) is 4.90. The van der Waals surface area contributed by atoms with E-state index in [0.717, 1.165) is 49.4 Å². The Labute approximate surface area is 188 Å².